The number of benzene rings is 11. The van der Waals surface area contributed by atoms with Crippen LogP contribution in [-0.2, 0) is 5.41 Å². The molecule has 11 aromatic carbocycles. The van der Waals surface area contributed by atoms with Crippen molar-refractivity contribution in [2.45, 2.75) is 5.41 Å². The molecule has 2 aliphatic rings. The molecule has 15 rings (SSSR count). The van der Waals surface area contributed by atoms with Crippen molar-refractivity contribution in [1.82, 2.24) is 4.57 Å². The summed E-state index contributed by atoms with van der Waals surface area (Å²) in [6.45, 7) is 0. The minimum atomic E-state index is -0.618. The quantitative estimate of drug-likeness (QED) is 0.175. The number of fused-ring (bicyclic) bond motifs is 15. The van der Waals surface area contributed by atoms with E-state index in [9.17, 15) is 0 Å². The Morgan fingerprint density at radius 2 is 1.00 bits per heavy atom. The minimum absolute atomic E-state index is 0.618. The average molecular weight is 871 g/mol. The zero-order valence-electron chi connectivity index (χ0n) is 36.2. The molecule has 1 spiro atoms. The lowest BCUT2D eigenvalue weighted by molar-refractivity contribution is 0.435. The van der Waals surface area contributed by atoms with E-state index >= 15 is 0 Å². The topological polar surface area (TPSA) is 17.4 Å². The van der Waals surface area contributed by atoms with E-state index in [2.05, 4.69) is 240 Å². The fourth-order valence-electron chi connectivity index (χ4n) is 11.9. The molecule has 4 heteroatoms. The summed E-state index contributed by atoms with van der Waals surface area (Å²) in [5, 5.41) is 9.90. The van der Waals surface area contributed by atoms with Crippen LogP contribution in [0.25, 0.3) is 80.3 Å². The summed E-state index contributed by atoms with van der Waals surface area (Å²) < 4.78 is 11.8. The van der Waals surface area contributed by atoms with Crippen molar-refractivity contribution in [1.29, 1.82) is 0 Å². The van der Waals surface area contributed by atoms with E-state index in [1.807, 2.05) is 11.3 Å². The van der Waals surface area contributed by atoms with Gasteiger partial charge in [0.25, 0.3) is 0 Å². The molecule has 0 amide bonds. The van der Waals surface area contributed by atoms with Gasteiger partial charge in [-0.3, -0.25) is 0 Å². The molecule has 312 valence electrons. The normalized spacial score (nSPS) is 13.3. The van der Waals surface area contributed by atoms with Crippen LogP contribution in [-0.4, -0.2) is 4.57 Å². The largest absolute Gasteiger partial charge is 0.457 e. The van der Waals surface area contributed by atoms with Gasteiger partial charge in [0.05, 0.1) is 27.8 Å². The standard InChI is InChI=1S/C63H38N2OS/c1-2-17-42-39(15-1)16-13-27-54(42)64(40-31-33-45-44-19-4-9-26-55(44)65(57(45)37-40)41-32-34-47-46-20-5-12-30-60(46)67-61(47)38-41)56-36-35-48-43-18-3-6-22-50(43)63(53-25-14-21-49(56)62(48)53)51-23-7-10-28-58(51)66-59-29-11-8-24-52(59)63/h1-38H. The number of nitrogens with zero attached hydrogens (tertiary/aromatic N) is 2. The number of para-hydroxylation sites is 3. The van der Waals surface area contributed by atoms with Crippen molar-refractivity contribution < 1.29 is 4.74 Å². The first kappa shape index (κ1) is 36.9. The summed E-state index contributed by atoms with van der Waals surface area (Å²) in [7, 11) is 0. The highest BCUT2D eigenvalue weighted by Crippen LogP contribution is 2.62. The second-order valence-corrected chi connectivity index (χ2v) is 19.0. The van der Waals surface area contributed by atoms with Crippen LogP contribution in [0.5, 0.6) is 11.5 Å². The van der Waals surface area contributed by atoms with E-state index in [1.165, 1.54) is 80.3 Å². The molecule has 1 aliphatic heterocycles. The highest BCUT2D eigenvalue weighted by Gasteiger charge is 2.49. The van der Waals surface area contributed by atoms with Crippen molar-refractivity contribution in [3.8, 4) is 28.3 Å². The predicted octanol–water partition coefficient (Wildman–Crippen LogP) is 17.4. The minimum Gasteiger partial charge on any atom is -0.457 e. The third kappa shape index (κ3) is 5.00. The molecule has 1 aliphatic carbocycles. The Bertz CT molecular complexity index is 4180. The van der Waals surface area contributed by atoms with E-state index < -0.39 is 5.41 Å². The van der Waals surface area contributed by atoms with E-state index in [1.54, 1.807) is 0 Å². The van der Waals surface area contributed by atoms with Crippen molar-refractivity contribution in [2.75, 3.05) is 4.90 Å². The summed E-state index contributed by atoms with van der Waals surface area (Å²) in [5.41, 5.74) is 13.5. The van der Waals surface area contributed by atoms with Crippen LogP contribution in [0.1, 0.15) is 22.3 Å². The van der Waals surface area contributed by atoms with Gasteiger partial charge >= 0.3 is 0 Å². The smallest absolute Gasteiger partial charge is 0.132 e. The number of ether oxygens (including phenoxy) is 1. The molecule has 67 heavy (non-hydrogen) atoms. The highest BCUT2D eigenvalue weighted by atomic mass is 32.1. The fraction of sp³-hybridized carbons (Fsp3) is 0.0159. The molecule has 0 fully saturated rings. The van der Waals surface area contributed by atoms with Gasteiger partial charge in [0.2, 0.25) is 0 Å². The Morgan fingerprint density at radius 3 is 1.87 bits per heavy atom. The van der Waals surface area contributed by atoms with Gasteiger partial charge in [-0.2, -0.15) is 0 Å². The maximum absolute atomic E-state index is 6.75. The lowest BCUT2D eigenvalue weighted by Crippen LogP contribution is -2.36. The van der Waals surface area contributed by atoms with Crippen LogP contribution in [0, 0.1) is 0 Å². The third-order valence-electron chi connectivity index (χ3n) is 14.6. The van der Waals surface area contributed by atoms with E-state index in [0.717, 1.165) is 50.9 Å². The van der Waals surface area contributed by atoms with Gasteiger partial charge in [-0.15, -0.1) is 11.3 Å². The molecule has 0 radical (unpaired) electrons. The summed E-state index contributed by atoms with van der Waals surface area (Å²) in [6, 6.07) is 85.2. The second-order valence-electron chi connectivity index (χ2n) is 17.9. The summed E-state index contributed by atoms with van der Waals surface area (Å²) in [4.78, 5) is 2.51. The first-order valence-electron chi connectivity index (χ1n) is 23.0. The lowest BCUT2D eigenvalue weighted by atomic mass is 9.58. The molecule has 2 aromatic heterocycles. The molecule has 0 N–H and O–H groups in total. The molecule has 13 aromatic rings. The zero-order chi connectivity index (χ0) is 43.8. The van der Waals surface area contributed by atoms with Crippen LogP contribution in [0.15, 0.2) is 231 Å². The number of hydrogen-bond acceptors (Lipinski definition) is 3. The molecule has 0 atom stereocenters. The van der Waals surface area contributed by atoms with Gasteiger partial charge in [-0.05, 0) is 93.7 Å². The summed E-state index contributed by atoms with van der Waals surface area (Å²) in [6.07, 6.45) is 0. The van der Waals surface area contributed by atoms with Crippen LogP contribution >= 0.6 is 11.3 Å². The second kappa shape index (κ2) is 13.8. The van der Waals surface area contributed by atoms with E-state index in [4.69, 9.17) is 4.74 Å². The van der Waals surface area contributed by atoms with Gasteiger partial charge < -0.3 is 14.2 Å². The summed E-state index contributed by atoms with van der Waals surface area (Å²) in [5.74, 6) is 1.78. The number of rotatable bonds is 4. The molecular formula is C63H38N2OS. The molecular weight excluding hydrogens is 833 g/mol. The van der Waals surface area contributed by atoms with Gasteiger partial charge in [-0.1, -0.05) is 170 Å². The first-order valence-corrected chi connectivity index (χ1v) is 23.8. The third-order valence-corrected chi connectivity index (χ3v) is 15.8. The van der Waals surface area contributed by atoms with Gasteiger partial charge in [0.1, 0.15) is 11.5 Å². The first-order chi connectivity index (χ1) is 33.2. The fourth-order valence-corrected chi connectivity index (χ4v) is 13.1. The Kier molecular flexibility index (Phi) is 7.58. The molecule has 0 bridgehead atoms. The van der Waals surface area contributed by atoms with Gasteiger partial charge in [0.15, 0.2) is 0 Å². The van der Waals surface area contributed by atoms with E-state index in [0.29, 0.717) is 0 Å². The number of thiophene rings is 1. The van der Waals surface area contributed by atoms with Gasteiger partial charge in [0, 0.05) is 64.2 Å². The van der Waals surface area contributed by atoms with Crippen LogP contribution < -0.4 is 9.64 Å². The van der Waals surface area contributed by atoms with Crippen molar-refractivity contribution in [3.63, 3.8) is 0 Å². The molecule has 0 saturated carbocycles. The Labute approximate surface area is 390 Å². The SMILES string of the molecule is c1ccc2c(c1)Oc1ccccc1C21c2ccccc2-c2ccc(N(c3ccc4c5ccccc5n(-c5ccc6c(c5)sc5ccccc56)c4c3)c3cccc4ccccc34)c3cccc1c23. The van der Waals surface area contributed by atoms with E-state index in [-0.39, 0.29) is 0 Å². The lowest BCUT2D eigenvalue weighted by Gasteiger charge is -2.45. The summed E-state index contributed by atoms with van der Waals surface area (Å²) >= 11 is 1.87. The Morgan fingerprint density at radius 1 is 0.388 bits per heavy atom. The molecule has 3 nitrogen and oxygen atoms in total. The maximum atomic E-state index is 6.75. The maximum Gasteiger partial charge on any atom is 0.132 e. The number of anilines is 3. The number of aromatic nitrogens is 1. The van der Waals surface area contributed by atoms with Crippen molar-refractivity contribution in [2.24, 2.45) is 0 Å². The monoisotopic (exact) mass is 870 g/mol. The Balaban J connectivity index is 1.03. The predicted molar refractivity (Wildman–Crippen MR) is 281 cm³/mol. The van der Waals surface area contributed by atoms with Crippen LogP contribution in [0.4, 0.5) is 17.1 Å². The molecule has 0 unspecified atom stereocenters. The number of hydrogen-bond donors (Lipinski definition) is 0. The zero-order valence-corrected chi connectivity index (χ0v) is 37.0. The van der Waals surface area contributed by atoms with Crippen molar-refractivity contribution in [3.05, 3.63) is 253 Å². The highest BCUT2D eigenvalue weighted by molar-refractivity contribution is 7.25. The van der Waals surface area contributed by atoms with Crippen molar-refractivity contribution >= 4 is 91.9 Å². The Hall–Kier alpha value is -8.44. The van der Waals surface area contributed by atoms with Gasteiger partial charge in [-0.25, -0.2) is 0 Å². The van der Waals surface area contributed by atoms with Crippen LogP contribution in [0.2, 0.25) is 0 Å². The molecule has 0 saturated heterocycles. The molecule has 3 heterocycles. The van der Waals surface area contributed by atoms with Crippen LogP contribution in [0.3, 0.4) is 0 Å². The average Bonchev–Trinajstić information content (AvgIpc) is 3.93.